The fraction of sp³-hybridized carbons (Fsp3) is 0.353. The van der Waals surface area contributed by atoms with Crippen molar-refractivity contribution in [3.63, 3.8) is 0 Å². The molecule has 21 heavy (non-hydrogen) atoms. The van der Waals surface area contributed by atoms with Crippen LogP contribution < -0.4 is 4.74 Å². The molecule has 3 nitrogen and oxygen atoms in total. The highest BCUT2D eigenvalue weighted by Crippen LogP contribution is 2.35. The Morgan fingerprint density at radius 1 is 1.38 bits per heavy atom. The minimum absolute atomic E-state index is 0.465. The minimum Gasteiger partial charge on any atom is -0.493 e. The first-order valence-corrected chi connectivity index (χ1v) is 7.62. The van der Waals surface area contributed by atoms with Gasteiger partial charge in [-0.1, -0.05) is 24.6 Å². The third kappa shape index (κ3) is 2.89. The van der Waals surface area contributed by atoms with Crippen LogP contribution in [-0.4, -0.2) is 16.7 Å². The number of aryl methyl sites for hydroxylation is 1. The standard InChI is InChI=1S/C17H18ClNO2/c1-2-11-4-3-6-19-16(11)15(20)10-13-9-14(18)8-12-5-7-21-17(12)13/h3-4,6,8-9,15,20H,2,5,7,10H2,1H3. The van der Waals surface area contributed by atoms with Crippen LogP contribution in [0, 0.1) is 0 Å². The molecule has 0 radical (unpaired) electrons. The number of rotatable bonds is 4. The molecule has 1 unspecified atom stereocenters. The molecule has 1 atom stereocenters. The van der Waals surface area contributed by atoms with E-state index in [9.17, 15) is 5.11 Å². The lowest BCUT2D eigenvalue weighted by Crippen LogP contribution is -2.08. The lowest BCUT2D eigenvalue weighted by Gasteiger charge is -2.16. The van der Waals surface area contributed by atoms with Gasteiger partial charge in [-0.3, -0.25) is 4.98 Å². The van der Waals surface area contributed by atoms with E-state index < -0.39 is 6.10 Å². The summed E-state index contributed by atoms with van der Waals surface area (Å²) < 4.78 is 5.69. The average Bonchev–Trinajstić information content (AvgIpc) is 2.95. The van der Waals surface area contributed by atoms with Gasteiger partial charge < -0.3 is 9.84 Å². The Morgan fingerprint density at radius 2 is 2.24 bits per heavy atom. The summed E-state index contributed by atoms with van der Waals surface area (Å²) in [6.07, 6.45) is 3.27. The Hall–Kier alpha value is -1.58. The highest BCUT2D eigenvalue weighted by molar-refractivity contribution is 6.30. The van der Waals surface area contributed by atoms with Crippen molar-refractivity contribution in [2.24, 2.45) is 0 Å². The SMILES string of the molecule is CCc1cccnc1C(O)Cc1cc(Cl)cc2c1OCC2. The molecular formula is C17H18ClNO2. The Balaban J connectivity index is 1.90. The number of hydrogen-bond donors (Lipinski definition) is 1. The summed E-state index contributed by atoms with van der Waals surface area (Å²) in [5, 5.41) is 11.2. The van der Waals surface area contributed by atoms with Crippen LogP contribution in [0.25, 0.3) is 0 Å². The molecule has 1 aliphatic heterocycles. The normalized spacial score (nSPS) is 14.6. The summed E-state index contributed by atoms with van der Waals surface area (Å²) in [6, 6.07) is 7.72. The number of fused-ring (bicyclic) bond motifs is 1. The molecule has 0 bridgehead atoms. The van der Waals surface area contributed by atoms with Crippen molar-refractivity contribution >= 4 is 11.6 Å². The number of aromatic nitrogens is 1. The summed E-state index contributed by atoms with van der Waals surface area (Å²) in [7, 11) is 0. The molecule has 1 N–H and O–H groups in total. The molecule has 2 aromatic rings. The van der Waals surface area contributed by atoms with Crippen molar-refractivity contribution < 1.29 is 9.84 Å². The molecule has 0 amide bonds. The number of aliphatic hydroxyl groups excluding tert-OH is 1. The molecule has 3 rings (SSSR count). The van der Waals surface area contributed by atoms with E-state index in [2.05, 4.69) is 11.9 Å². The van der Waals surface area contributed by atoms with Gasteiger partial charge in [0, 0.05) is 24.1 Å². The van der Waals surface area contributed by atoms with Gasteiger partial charge >= 0.3 is 0 Å². The van der Waals surface area contributed by atoms with Crippen LogP contribution in [-0.2, 0) is 19.3 Å². The minimum atomic E-state index is -0.645. The van der Waals surface area contributed by atoms with Gasteiger partial charge in [0.25, 0.3) is 0 Å². The number of nitrogens with zero attached hydrogens (tertiary/aromatic N) is 1. The van der Waals surface area contributed by atoms with E-state index >= 15 is 0 Å². The van der Waals surface area contributed by atoms with Gasteiger partial charge in [-0.05, 0) is 41.3 Å². The summed E-state index contributed by atoms with van der Waals surface area (Å²) in [5.41, 5.74) is 3.90. The summed E-state index contributed by atoms with van der Waals surface area (Å²) in [4.78, 5) is 4.34. The largest absolute Gasteiger partial charge is 0.493 e. The molecule has 2 heterocycles. The monoisotopic (exact) mass is 303 g/mol. The lowest BCUT2D eigenvalue weighted by molar-refractivity contribution is 0.171. The van der Waals surface area contributed by atoms with Crippen molar-refractivity contribution in [3.05, 3.63) is 57.9 Å². The van der Waals surface area contributed by atoms with Crippen molar-refractivity contribution in [2.45, 2.75) is 32.3 Å². The fourth-order valence-electron chi connectivity index (χ4n) is 2.85. The fourth-order valence-corrected chi connectivity index (χ4v) is 3.12. The third-order valence-corrected chi connectivity index (χ3v) is 4.08. The van der Waals surface area contributed by atoms with E-state index in [-0.39, 0.29) is 0 Å². The summed E-state index contributed by atoms with van der Waals surface area (Å²) in [6.45, 7) is 2.75. The van der Waals surface area contributed by atoms with Crippen LogP contribution in [0.4, 0.5) is 0 Å². The highest BCUT2D eigenvalue weighted by atomic mass is 35.5. The van der Waals surface area contributed by atoms with Crippen LogP contribution in [0.1, 0.15) is 35.4 Å². The second-order valence-electron chi connectivity index (χ2n) is 5.27. The van der Waals surface area contributed by atoms with Crippen molar-refractivity contribution in [1.29, 1.82) is 0 Å². The number of aliphatic hydroxyl groups is 1. The molecule has 0 aliphatic carbocycles. The molecule has 0 fully saturated rings. The highest BCUT2D eigenvalue weighted by Gasteiger charge is 2.21. The van der Waals surface area contributed by atoms with E-state index in [1.165, 1.54) is 0 Å². The van der Waals surface area contributed by atoms with Crippen molar-refractivity contribution in [3.8, 4) is 5.75 Å². The predicted octanol–water partition coefficient (Wildman–Crippen LogP) is 3.51. The van der Waals surface area contributed by atoms with Gasteiger partial charge in [-0.2, -0.15) is 0 Å². The molecular weight excluding hydrogens is 286 g/mol. The zero-order valence-corrected chi connectivity index (χ0v) is 12.7. The summed E-state index contributed by atoms with van der Waals surface area (Å²) in [5.74, 6) is 0.882. The van der Waals surface area contributed by atoms with Gasteiger partial charge in [0.1, 0.15) is 11.9 Å². The quantitative estimate of drug-likeness (QED) is 0.940. The van der Waals surface area contributed by atoms with E-state index in [1.807, 2.05) is 24.3 Å². The smallest absolute Gasteiger partial charge is 0.126 e. The number of ether oxygens (including phenoxy) is 1. The number of pyridine rings is 1. The van der Waals surface area contributed by atoms with Crippen LogP contribution in [0.5, 0.6) is 5.75 Å². The molecule has 0 saturated heterocycles. The maximum Gasteiger partial charge on any atom is 0.126 e. The van der Waals surface area contributed by atoms with Crippen LogP contribution >= 0.6 is 11.6 Å². The van der Waals surface area contributed by atoms with E-state index in [4.69, 9.17) is 16.3 Å². The van der Waals surface area contributed by atoms with E-state index in [1.54, 1.807) is 6.20 Å². The maximum atomic E-state index is 10.5. The third-order valence-electron chi connectivity index (χ3n) is 3.86. The molecule has 0 spiro atoms. The number of halogens is 1. The van der Waals surface area contributed by atoms with Crippen LogP contribution in [0.2, 0.25) is 5.02 Å². The molecule has 4 heteroatoms. The molecule has 1 aliphatic rings. The van der Waals surface area contributed by atoms with Gasteiger partial charge in [-0.15, -0.1) is 0 Å². The molecule has 1 aromatic carbocycles. The Kier molecular flexibility index (Phi) is 4.13. The van der Waals surface area contributed by atoms with Gasteiger partial charge in [0.2, 0.25) is 0 Å². The van der Waals surface area contributed by atoms with Crippen LogP contribution in [0.15, 0.2) is 30.5 Å². The number of benzene rings is 1. The van der Waals surface area contributed by atoms with Gasteiger partial charge in [0.15, 0.2) is 0 Å². The molecule has 110 valence electrons. The first-order valence-electron chi connectivity index (χ1n) is 7.25. The van der Waals surface area contributed by atoms with Gasteiger partial charge in [-0.25, -0.2) is 0 Å². The van der Waals surface area contributed by atoms with E-state index in [0.29, 0.717) is 18.1 Å². The predicted molar refractivity (Wildman–Crippen MR) is 82.9 cm³/mol. The Morgan fingerprint density at radius 3 is 3.05 bits per heavy atom. The first kappa shape index (κ1) is 14.4. The lowest BCUT2D eigenvalue weighted by atomic mass is 9.98. The van der Waals surface area contributed by atoms with Crippen molar-refractivity contribution in [2.75, 3.05) is 6.61 Å². The second kappa shape index (κ2) is 6.04. The zero-order valence-electron chi connectivity index (χ0n) is 12.0. The summed E-state index contributed by atoms with van der Waals surface area (Å²) >= 11 is 6.16. The van der Waals surface area contributed by atoms with Crippen LogP contribution in [0.3, 0.4) is 0 Å². The number of hydrogen-bond acceptors (Lipinski definition) is 3. The van der Waals surface area contributed by atoms with E-state index in [0.717, 1.165) is 41.0 Å². The average molecular weight is 304 g/mol. The van der Waals surface area contributed by atoms with Crippen molar-refractivity contribution in [1.82, 2.24) is 4.98 Å². The Labute approximate surface area is 129 Å². The second-order valence-corrected chi connectivity index (χ2v) is 5.71. The Bertz CT molecular complexity index is 657. The zero-order chi connectivity index (χ0) is 14.8. The molecule has 0 saturated carbocycles. The molecule has 1 aromatic heterocycles. The first-order chi connectivity index (χ1) is 10.2. The van der Waals surface area contributed by atoms with Gasteiger partial charge in [0.05, 0.1) is 12.3 Å². The topological polar surface area (TPSA) is 42.4 Å². The maximum absolute atomic E-state index is 10.5.